The molecule has 20 heavy (non-hydrogen) atoms. The number of carbonyl (C=O) groups excluding carboxylic acids is 1. The zero-order valence-corrected chi connectivity index (χ0v) is 13.4. The van der Waals surface area contributed by atoms with Gasteiger partial charge in [-0.1, -0.05) is 20.8 Å². The fourth-order valence-corrected chi connectivity index (χ4v) is 2.31. The molecule has 0 radical (unpaired) electrons. The minimum atomic E-state index is 0.0472. The second kappa shape index (κ2) is 7.27. The van der Waals surface area contributed by atoms with Crippen molar-refractivity contribution in [2.75, 3.05) is 20.6 Å². The van der Waals surface area contributed by atoms with Crippen LogP contribution in [0.5, 0.6) is 0 Å². The van der Waals surface area contributed by atoms with Gasteiger partial charge in [0.2, 0.25) is 0 Å². The number of ketones is 1. The number of hydrogen-bond donors (Lipinski definition) is 1. The van der Waals surface area contributed by atoms with Gasteiger partial charge in [0.05, 0.1) is 11.3 Å². The largest absolute Gasteiger partial charge is 0.401 e. The lowest BCUT2D eigenvalue weighted by Crippen LogP contribution is -2.28. The number of carbonyl (C=O) groups is 1. The Morgan fingerprint density at radius 1 is 1.40 bits per heavy atom. The molecule has 0 aromatic carbocycles. The van der Waals surface area contributed by atoms with Crippen LogP contribution in [0.4, 0.5) is 0 Å². The third-order valence-electron chi connectivity index (χ3n) is 3.23. The first-order chi connectivity index (χ1) is 9.38. The van der Waals surface area contributed by atoms with Crippen LogP contribution in [0.2, 0.25) is 0 Å². The van der Waals surface area contributed by atoms with E-state index < -0.39 is 0 Å². The van der Waals surface area contributed by atoms with Gasteiger partial charge in [0.25, 0.3) is 0 Å². The average Bonchev–Trinajstić information content (AvgIpc) is 2.36. The van der Waals surface area contributed by atoms with E-state index in [1.54, 1.807) is 0 Å². The summed E-state index contributed by atoms with van der Waals surface area (Å²) in [5, 5.41) is 0. The van der Waals surface area contributed by atoms with E-state index in [0.717, 1.165) is 30.7 Å². The van der Waals surface area contributed by atoms with Crippen LogP contribution >= 0.6 is 0 Å². The highest BCUT2D eigenvalue weighted by Gasteiger charge is 2.28. The second-order valence-corrected chi connectivity index (χ2v) is 5.77. The molecule has 0 aromatic rings. The highest BCUT2D eigenvalue weighted by molar-refractivity contribution is 6.29. The van der Waals surface area contributed by atoms with Crippen molar-refractivity contribution in [2.45, 2.75) is 40.0 Å². The van der Waals surface area contributed by atoms with Gasteiger partial charge >= 0.3 is 0 Å². The van der Waals surface area contributed by atoms with E-state index in [-0.39, 0.29) is 11.7 Å². The Bertz CT molecular complexity index is 456. The van der Waals surface area contributed by atoms with Crippen molar-refractivity contribution in [2.24, 2.45) is 16.6 Å². The Labute approximate surface area is 122 Å². The molecule has 4 heteroatoms. The fraction of sp³-hybridized carbons (Fsp3) is 0.625. The number of allylic oxidation sites excluding steroid dienone is 3. The summed E-state index contributed by atoms with van der Waals surface area (Å²) in [7, 11) is 3.85. The Balaban J connectivity index is 3.21. The molecule has 0 saturated carbocycles. The van der Waals surface area contributed by atoms with Gasteiger partial charge in [-0.3, -0.25) is 9.79 Å². The van der Waals surface area contributed by atoms with Crippen molar-refractivity contribution in [3.63, 3.8) is 0 Å². The third kappa shape index (κ3) is 3.95. The number of nitrogens with zero attached hydrogens (tertiary/aromatic N) is 2. The van der Waals surface area contributed by atoms with E-state index in [1.807, 2.05) is 25.2 Å². The SMILES string of the molecule is CCCN=C(C1=C(N)CC/C(=C\N(C)C)C1=O)C(C)C. The maximum absolute atomic E-state index is 12.7. The molecule has 4 nitrogen and oxygen atoms in total. The topological polar surface area (TPSA) is 58.7 Å². The van der Waals surface area contributed by atoms with E-state index in [4.69, 9.17) is 5.73 Å². The maximum Gasteiger partial charge on any atom is 0.194 e. The Kier molecular flexibility index (Phi) is 5.99. The smallest absolute Gasteiger partial charge is 0.194 e. The van der Waals surface area contributed by atoms with Crippen molar-refractivity contribution in [1.29, 1.82) is 0 Å². The summed E-state index contributed by atoms with van der Waals surface area (Å²) in [4.78, 5) is 19.2. The summed E-state index contributed by atoms with van der Waals surface area (Å²) >= 11 is 0. The van der Waals surface area contributed by atoms with Crippen LogP contribution in [-0.4, -0.2) is 37.0 Å². The zero-order chi connectivity index (χ0) is 15.3. The number of Topliss-reactive ketones (excluding diaryl/α,β-unsaturated/α-hetero) is 1. The summed E-state index contributed by atoms with van der Waals surface area (Å²) in [5.41, 5.74) is 9.13. The van der Waals surface area contributed by atoms with Crippen LogP contribution in [0.3, 0.4) is 0 Å². The van der Waals surface area contributed by atoms with Crippen LogP contribution < -0.4 is 5.73 Å². The Hall–Kier alpha value is -1.58. The van der Waals surface area contributed by atoms with E-state index in [9.17, 15) is 4.79 Å². The van der Waals surface area contributed by atoms with Gasteiger partial charge in [-0.25, -0.2) is 0 Å². The molecule has 1 aliphatic carbocycles. The molecule has 0 spiro atoms. The number of rotatable bonds is 5. The minimum Gasteiger partial charge on any atom is -0.401 e. The van der Waals surface area contributed by atoms with Crippen LogP contribution in [0, 0.1) is 5.92 Å². The summed E-state index contributed by atoms with van der Waals surface area (Å²) in [5.74, 6) is 0.253. The number of hydrogen-bond acceptors (Lipinski definition) is 4. The predicted octanol–water partition coefficient (Wildman–Crippen LogP) is 2.51. The van der Waals surface area contributed by atoms with Gasteiger partial charge in [-0.15, -0.1) is 0 Å². The summed E-state index contributed by atoms with van der Waals surface area (Å²) in [6, 6.07) is 0. The van der Waals surface area contributed by atoms with Crippen LogP contribution in [0.15, 0.2) is 28.0 Å². The summed E-state index contributed by atoms with van der Waals surface area (Å²) in [6.07, 6.45) is 4.31. The summed E-state index contributed by atoms with van der Waals surface area (Å²) in [6.45, 7) is 6.95. The lowest BCUT2D eigenvalue weighted by molar-refractivity contribution is -0.112. The zero-order valence-electron chi connectivity index (χ0n) is 13.4. The van der Waals surface area contributed by atoms with E-state index in [0.29, 0.717) is 17.7 Å². The molecule has 0 aromatic heterocycles. The molecule has 0 bridgehead atoms. The first-order valence-corrected chi connectivity index (χ1v) is 7.33. The number of aliphatic imine (C=N–C) groups is 1. The molecule has 0 heterocycles. The first-order valence-electron chi connectivity index (χ1n) is 7.33. The monoisotopic (exact) mass is 277 g/mol. The van der Waals surface area contributed by atoms with Crippen LogP contribution in [0.1, 0.15) is 40.0 Å². The summed E-state index contributed by atoms with van der Waals surface area (Å²) < 4.78 is 0. The van der Waals surface area contributed by atoms with Crippen molar-refractivity contribution in [3.05, 3.63) is 23.0 Å². The molecule has 1 aliphatic rings. The van der Waals surface area contributed by atoms with E-state index >= 15 is 0 Å². The second-order valence-electron chi connectivity index (χ2n) is 5.77. The molecule has 112 valence electrons. The minimum absolute atomic E-state index is 0.0472. The van der Waals surface area contributed by atoms with Crippen molar-refractivity contribution in [1.82, 2.24) is 4.90 Å². The normalized spacial score (nSPS) is 19.2. The van der Waals surface area contributed by atoms with E-state index in [1.165, 1.54) is 0 Å². The highest BCUT2D eigenvalue weighted by Crippen LogP contribution is 2.26. The molecule has 0 amide bonds. The lowest BCUT2D eigenvalue weighted by Gasteiger charge is -2.23. The van der Waals surface area contributed by atoms with Crippen molar-refractivity contribution >= 4 is 11.5 Å². The maximum atomic E-state index is 12.7. The molecular weight excluding hydrogens is 250 g/mol. The molecule has 0 fully saturated rings. The quantitative estimate of drug-likeness (QED) is 0.620. The van der Waals surface area contributed by atoms with Gasteiger partial charge in [0.15, 0.2) is 5.78 Å². The van der Waals surface area contributed by atoms with Crippen LogP contribution in [-0.2, 0) is 4.79 Å². The lowest BCUT2D eigenvalue weighted by atomic mass is 9.85. The standard InChI is InChI=1S/C16H27N3O/c1-6-9-18-15(11(2)3)14-13(17)8-7-12(16(14)20)10-19(4)5/h10-11H,6-9,17H2,1-5H3/b12-10+,18-15?. The number of nitrogens with two attached hydrogens (primary N) is 1. The van der Waals surface area contributed by atoms with Crippen molar-refractivity contribution < 1.29 is 4.79 Å². The Morgan fingerprint density at radius 2 is 2.05 bits per heavy atom. The molecule has 2 N–H and O–H groups in total. The molecule has 0 atom stereocenters. The molecule has 1 rings (SSSR count). The van der Waals surface area contributed by atoms with Gasteiger partial charge < -0.3 is 10.6 Å². The van der Waals surface area contributed by atoms with Gasteiger partial charge in [0.1, 0.15) is 0 Å². The van der Waals surface area contributed by atoms with Gasteiger partial charge in [-0.2, -0.15) is 0 Å². The average molecular weight is 277 g/mol. The van der Waals surface area contributed by atoms with Crippen molar-refractivity contribution in [3.8, 4) is 0 Å². The molecule has 0 aliphatic heterocycles. The molecule has 0 unspecified atom stereocenters. The van der Waals surface area contributed by atoms with Crippen LogP contribution in [0.25, 0.3) is 0 Å². The third-order valence-corrected chi connectivity index (χ3v) is 3.23. The van der Waals surface area contributed by atoms with Gasteiger partial charge in [-0.05, 0) is 25.2 Å². The van der Waals surface area contributed by atoms with E-state index in [2.05, 4.69) is 25.8 Å². The molecular formula is C16H27N3O. The van der Waals surface area contributed by atoms with Gasteiger partial charge in [0, 0.05) is 38.1 Å². The first kappa shape index (κ1) is 16.5. The highest BCUT2D eigenvalue weighted by atomic mass is 16.1. The fourth-order valence-electron chi connectivity index (χ4n) is 2.31. The Morgan fingerprint density at radius 3 is 2.55 bits per heavy atom. The predicted molar refractivity (Wildman–Crippen MR) is 84.7 cm³/mol. The molecule has 0 saturated heterocycles.